The van der Waals surface area contributed by atoms with Crippen LogP contribution in [0.4, 0.5) is 0 Å². The summed E-state index contributed by atoms with van der Waals surface area (Å²) >= 11 is 6.34. The van der Waals surface area contributed by atoms with Crippen LogP contribution in [0.25, 0.3) is 10.9 Å². The molecule has 1 aliphatic rings. The Morgan fingerprint density at radius 3 is 2.94 bits per heavy atom. The van der Waals surface area contributed by atoms with Gasteiger partial charge in [0.1, 0.15) is 0 Å². The standard InChI is InChI=1S/C15H16ClNO/c1-18-9-11-8-14(16)13-7-6-10-4-2-3-5-12(10)15(13)17-11/h6-8H,2-5,9H2,1H3. The van der Waals surface area contributed by atoms with Crippen LogP contribution in [-0.2, 0) is 24.2 Å². The molecule has 0 N–H and O–H groups in total. The van der Waals surface area contributed by atoms with Crippen molar-refractivity contribution in [2.75, 3.05) is 7.11 Å². The maximum atomic E-state index is 6.34. The minimum atomic E-state index is 0.513. The summed E-state index contributed by atoms with van der Waals surface area (Å²) in [5.41, 5.74) is 4.81. The number of ether oxygens (including phenoxy) is 1. The second kappa shape index (κ2) is 4.87. The minimum Gasteiger partial charge on any atom is -0.378 e. The lowest BCUT2D eigenvalue weighted by molar-refractivity contribution is 0.182. The van der Waals surface area contributed by atoms with Gasteiger partial charge < -0.3 is 4.74 Å². The third-order valence-electron chi connectivity index (χ3n) is 3.60. The van der Waals surface area contributed by atoms with Gasteiger partial charge in [0.15, 0.2) is 0 Å². The molecule has 0 bridgehead atoms. The van der Waals surface area contributed by atoms with Crippen LogP contribution in [0.3, 0.4) is 0 Å². The summed E-state index contributed by atoms with van der Waals surface area (Å²) in [4.78, 5) is 4.73. The van der Waals surface area contributed by atoms with Gasteiger partial charge in [0, 0.05) is 12.5 Å². The van der Waals surface area contributed by atoms with E-state index in [2.05, 4.69) is 12.1 Å². The number of nitrogens with zero attached hydrogens (tertiary/aromatic N) is 1. The quantitative estimate of drug-likeness (QED) is 0.818. The van der Waals surface area contributed by atoms with Gasteiger partial charge in [0.25, 0.3) is 0 Å². The number of fused-ring (bicyclic) bond motifs is 3. The first-order chi connectivity index (χ1) is 8.79. The average Bonchev–Trinajstić information content (AvgIpc) is 2.39. The van der Waals surface area contributed by atoms with Crippen molar-refractivity contribution in [1.29, 1.82) is 0 Å². The number of aromatic nitrogens is 1. The Kier molecular flexibility index (Phi) is 3.23. The van der Waals surface area contributed by atoms with Crippen LogP contribution in [0.15, 0.2) is 18.2 Å². The van der Waals surface area contributed by atoms with Gasteiger partial charge in [0.2, 0.25) is 0 Å². The van der Waals surface area contributed by atoms with Crippen LogP contribution in [0.1, 0.15) is 29.7 Å². The number of hydrogen-bond acceptors (Lipinski definition) is 2. The van der Waals surface area contributed by atoms with E-state index in [0.717, 1.165) is 28.0 Å². The van der Waals surface area contributed by atoms with Crippen LogP contribution in [0.2, 0.25) is 5.02 Å². The van der Waals surface area contributed by atoms with E-state index < -0.39 is 0 Å². The second-order valence-corrected chi connectivity index (χ2v) is 5.24. The predicted molar refractivity (Wildman–Crippen MR) is 74.1 cm³/mol. The summed E-state index contributed by atoms with van der Waals surface area (Å²) < 4.78 is 5.15. The highest BCUT2D eigenvalue weighted by Crippen LogP contribution is 2.31. The highest BCUT2D eigenvalue weighted by Gasteiger charge is 2.15. The largest absolute Gasteiger partial charge is 0.378 e. The molecule has 0 aliphatic heterocycles. The Bertz CT molecular complexity index is 595. The lowest BCUT2D eigenvalue weighted by atomic mass is 9.89. The smallest absolute Gasteiger partial charge is 0.0884 e. The molecule has 3 rings (SSSR count). The topological polar surface area (TPSA) is 22.1 Å². The number of aryl methyl sites for hydroxylation is 2. The fraction of sp³-hybridized carbons (Fsp3) is 0.400. The first kappa shape index (κ1) is 11.9. The van der Waals surface area contributed by atoms with Crippen molar-refractivity contribution in [1.82, 2.24) is 4.98 Å². The fourth-order valence-electron chi connectivity index (χ4n) is 2.75. The van der Waals surface area contributed by atoms with Crippen molar-refractivity contribution in [2.45, 2.75) is 32.3 Å². The molecule has 2 nitrogen and oxygen atoms in total. The lowest BCUT2D eigenvalue weighted by Crippen LogP contribution is -2.05. The summed E-state index contributed by atoms with van der Waals surface area (Å²) in [7, 11) is 1.68. The summed E-state index contributed by atoms with van der Waals surface area (Å²) in [5, 5.41) is 1.84. The molecule has 0 spiro atoms. The zero-order valence-corrected chi connectivity index (χ0v) is 11.3. The van der Waals surface area contributed by atoms with Crippen LogP contribution in [-0.4, -0.2) is 12.1 Å². The van der Waals surface area contributed by atoms with Crippen molar-refractivity contribution in [2.24, 2.45) is 0 Å². The number of methoxy groups -OCH3 is 1. The zero-order chi connectivity index (χ0) is 12.5. The van der Waals surface area contributed by atoms with Crippen molar-refractivity contribution in [3.63, 3.8) is 0 Å². The van der Waals surface area contributed by atoms with E-state index in [0.29, 0.717) is 6.61 Å². The van der Waals surface area contributed by atoms with Crippen molar-refractivity contribution < 1.29 is 4.74 Å². The molecule has 2 aromatic rings. The van der Waals surface area contributed by atoms with Crippen molar-refractivity contribution in [3.8, 4) is 0 Å². The highest BCUT2D eigenvalue weighted by molar-refractivity contribution is 6.35. The molecule has 3 heteroatoms. The molecule has 0 saturated heterocycles. The molecular weight excluding hydrogens is 246 g/mol. The molecule has 1 aliphatic carbocycles. The number of hydrogen-bond donors (Lipinski definition) is 0. The van der Waals surface area contributed by atoms with E-state index in [1.807, 2.05) is 6.07 Å². The molecule has 1 heterocycles. The van der Waals surface area contributed by atoms with Crippen LogP contribution in [0, 0.1) is 0 Å². The van der Waals surface area contributed by atoms with Gasteiger partial charge in [-0.2, -0.15) is 0 Å². The monoisotopic (exact) mass is 261 g/mol. The Hall–Kier alpha value is -1.12. The Morgan fingerprint density at radius 1 is 1.28 bits per heavy atom. The molecule has 0 saturated carbocycles. The zero-order valence-electron chi connectivity index (χ0n) is 10.5. The molecule has 1 aromatic heterocycles. The Morgan fingerprint density at radius 2 is 2.11 bits per heavy atom. The van der Waals surface area contributed by atoms with Crippen molar-refractivity contribution >= 4 is 22.5 Å². The first-order valence-corrected chi connectivity index (χ1v) is 6.76. The number of rotatable bonds is 2. The minimum absolute atomic E-state index is 0.513. The Labute approximate surface area is 112 Å². The second-order valence-electron chi connectivity index (χ2n) is 4.83. The van der Waals surface area contributed by atoms with E-state index >= 15 is 0 Å². The highest BCUT2D eigenvalue weighted by atomic mass is 35.5. The number of halogens is 1. The van der Waals surface area contributed by atoms with Crippen molar-refractivity contribution in [3.05, 3.63) is 40.0 Å². The van der Waals surface area contributed by atoms with Gasteiger partial charge in [0.05, 0.1) is 22.8 Å². The van der Waals surface area contributed by atoms with Gasteiger partial charge in [-0.3, -0.25) is 0 Å². The molecule has 0 radical (unpaired) electrons. The van der Waals surface area contributed by atoms with E-state index in [4.69, 9.17) is 21.3 Å². The molecule has 0 atom stereocenters. The SMILES string of the molecule is COCc1cc(Cl)c2ccc3c(c2n1)CCCC3. The summed E-state index contributed by atoms with van der Waals surface area (Å²) in [6, 6.07) is 6.22. The fourth-order valence-corrected chi connectivity index (χ4v) is 3.03. The predicted octanol–water partition coefficient (Wildman–Crippen LogP) is 3.91. The van der Waals surface area contributed by atoms with E-state index in [1.165, 1.54) is 30.4 Å². The number of benzene rings is 1. The van der Waals surface area contributed by atoms with Crippen LogP contribution in [0.5, 0.6) is 0 Å². The maximum absolute atomic E-state index is 6.34. The third-order valence-corrected chi connectivity index (χ3v) is 3.91. The van der Waals surface area contributed by atoms with Gasteiger partial charge in [-0.05, 0) is 42.9 Å². The van der Waals surface area contributed by atoms with E-state index in [9.17, 15) is 0 Å². The Balaban J connectivity index is 2.24. The number of pyridine rings is 1. The summed E-state index contributed by atoms with van der Waals surface area (Å²) in [6.45, 7) is 0.513. The van der Waals surface area contributed by atoms with Gasteiger partial charge in [-0.1, -0.05) is 23.7 Å². The molecule has 94 valence electrons. The third kappa shape index (κ3) is 2.00. The first-order valence-electron chi connectivity index (χ1n) is 6.38. The molecule has 0 amide bonds. The van der Waals surface area contributed by atoms with Crippen LogP contribution >= 0.6 is 11.6 Å². The van der Waals surface area contributed by atoms with Crippen LogP contribution < -0.4 is 0 Å². The normalized spacial score (nSPS) is 14.8. The molecule has 0 unspecified atom stereocenters. The van der Waals surface area contributed by atoms with Gasteiger partial charge in [-0.15, -0.1) is 0 Å². The average molecular weight is 262 g/mol. The van der Waals surface area contributed by atoms with Gasteiger partial charge in [-0.25, -0.2) is 4.98 Å². The van der Waals surface area contributed by atoms with E-state index in [1.54, 1.807) is 7.11 Å². The lowest BCUT2D eigenvalue weighted by Gasteiger charge is -2.18. The maximum Gasteiger partial charge on any atom is 0.0884 e. The summed E-state index contributed by atoms with van der Waals surface area (Å²) in [6.07, 6.45) is 4.81. The summed E-state index contributed by atoms with van der Waals surface area (Å²) in [5.74, 6) is 0. The van der Waals surface area contributed by atoms with Gasteiger partial charge >= 0.3 is 0 Å². The molecule has 0 fully saturated rings. The molecule has 1 aromatic carbocycles. The van der Waals surface area contributed by atoms with E-state index in [-0.39, 0.29) is 0 Å². The molecule has 18 heavy (non-hydrogen) atoms. The molecular formula is C15H16ClNO.